The van der Waals surface area contributed by atoms with Crippen LogP contribution in [0.4, 0.5) is 0 Å². The molecule has 2 atom stereocenters. The summed E-state index contributed by atoms with van der Waals surface area (Å²) in [7, 11) is 3.09. The van der Waals surface area contributed by atoms with Crippen LogP contribution in [0.3, 0.4) is 0 Å². The van der Waals surface area contributed by atoms with Crippen LogP contribution in [-0.4, -0.2) is 47.9 Å². The minimum Gasteiger partial charge on any atom is -0.493 e. The predicted octanol–water partition coefficient (Wildman–Crippen LogP) is 2.39. The highest BCUT2D eigenvalue weighted by molar-refractivity contribution is 7.99. The zero-order valence-corrected chi connectivity index (χ0v) is 14.4. The van der Waals surface area contributed by atoms with Gasteiger partial charge in [0.1, 0.15) is 11.4 Å². The van der Waals surface area contributed by atoms with Crippen LogP contribution in [0, 0.1) is 5.92 Å². The van der Waals surface area contributed by atoms with Crippen molar-refractivity contribution in [3.8, 4) is 11.5 Å². The van der Waals surface area contributed by atoms with E-state index in [4.69, 9.17) is 9.47 Å². The zero-order valence-electron chi connectivity index (χ0n) is 13.6. The van der Waals surface area contributed by atoms with E-state index in [0.717, 1.165) is 5.56 Å². The molecular weight excluding hydrogens is 318 g/mol. The largest absolute Gasteiger partial charge is 0.493 e. The van der Waals surface area contributed by atoms with Crippen molar-refractivity contribution in [2.75, 3.05) is 20.0 Å². The highest BCUT2D eigenvalue weighted by Crippen LogP contribution is 2.44. The monoisotopic (exact) mass is 339 g/mol. The average Bonchev–Trinajstić information content (AvgIpc) is 2.98. The van der Waals surface area contributed by atoms with Gasteiger partial charge in [0.05, 0.1) is 14.2 Å². The summed E-state index contributed by atoms with van der Waals surface area (Å²) < 4.78 is 10.5. The summed E-state index contributed by atoms with van der Waals surface area (Å²) in [5, 5.41) is 9.07. The fraction of sp³-hybridized carbons (Fsp3) is 0.500. The Morgan fingerprint density at radius 3 is 2.43 bits per heavy atom. The first kappa shape index (κ1) is 17.5. The summed E-state index contributed by atoms with van der Waals surface area (Å²) in [5.41, 5.74) is 0.824. The molecule has 1 aliphatic rings. The van der Waals surface area contributed by atoms with Crippen molar-refractivity contribution in [2.45, 2.75) is 25.3 Å². The number of aliphatic carboxylic acids is 1. The number of carbonyl (C=O) groups is 2. The lowest BCUT2D eigenvalue weighted by Crippen LogP contribution is -2.44. The molecule has 1 saturated heterocycles. The summed E-state index contributed by atoms with van der Waals surface area (Å²) in [4.78, 5) is 25.5. The normalized spacial score (nSPS) is 20.7. The van der Waals surface area contributed by atoms with E-state index in [-0.39, 0.29) is 17.2 Å². The minimum absolute atomic E-state index is 0.165. The zero-order chi connectivity index (χ0) is 17.1. The van der Waals surface area contributed by atoms with Gasteiger partial charge >= 0.3 is 5.97 Å². The molecule has 1 heterocycles. The van der Waals surface area contributed by atoms with Crippen LogP contribution in [-0.2, 0) is 9.59 Å². The number of rotatable bonds is 5. The molecule has 6 nitrogen and oxygen atoms in total. The van der Waals surface area contributed by atoms with Crippen molar-refractivity contribution in [1.82, 2.24) is 4.90 Å². The van der Waals surface area contributed by atoms with Crippen LogP contribution >= 0.6 is 11.8 Å². The molecule has 1 aliphatic heterocycles. The molecule has 126 valence electrons. The molecule has 1 aromatic carbocycles. The number of methoxy groups -OCH3 is 2. The van der Waals surface area contributed by atoms with Crippen LogP contribution < -0.4 is 9.47 Å². The fourth-order valence-electron chi connectivity index (χ4n) is 2.53. The third-order valence-corrected chi connectivity index (χ3v) is 5.05. The van der Waals surface area contributed by atoms with Crippen molar-refractivity contribution >= 4 is 23.6 Å². The summed E-state index contributed by atoms with van der Waals surface area (Å²) in [5.74, 6) is 0.110. The SMILES string of the molecule is COc1ccc([C@H]2SC[C@@H](C(=O)O)N2C(=O)C(C)C)cc1OC. The molecular formula is C16H21NO5S. The number of ether oxygens (including phenoxy) is 2. The van der Waals surface area contributed by atoms with E-state index in [9.17, 15) is 14.7 Å². The average molecular weight is 339 g/mol. The summed E-state index contributed by atoms with van der Waals surface area (Å²) in [6.07, 6.45) is 0. The van der Waals surface area contributed by atoms with Gasteiger partial charge in [0.15, 0.2) is 11.5 Å². The predicted molar refractivity (Wildman–Crippen MR) is 87.9 cm³/mol. The van der Waals surface area contributed by atoms with Gasteiger partial charge in [-0.1, -0.05) is 19.9 Å². The third kappa shape index (κ3) is 3.39. The number of carbonyl (C=O) groups excluding carboxylic acids is 1. The Morgan fingerprint density at radius 2 is 1.91 bits per heavy atom. The molecule has 0 unspecified atom stereocenters. The molecule has 1 amide bonds. The van der Waals surface area contributed by atoms with E-state index >= 15 is 0 Å². The van der Waals surface area contributed by atoms with E-state index in [1.165, 1.54) is 16.7 Å². The second-order valence-corrected chi connectivity index (χ2v) is 6.67. The maximum Gasteiger partial charge on any atom is 0.327 e. The molecule has 0 radical (unpaired) electrons. The Bertz CT molecular complexity index is 604. The van der Waals surface area contributed by atoms with Gasteiger partial charge in [0.25, 0.3) is 0 Å². The van der Waals surface area contributed by atoms with Crippen molar-refractivity contribution in [3.05, 3.63) is 23.8 Å². The van der Waals surface area contributed by atoms with E-state index in [1.54, 1.807) is 40.2 Å². The lowest BCUT2D eigenvalue weighted by molar-refractivity contribution is -0.150. The molecule has 1 N–H and O–H groups in total. The molecule has 1 fully saturated rings. The number of benzene rings is 1. The fourth-order valence-corrected chi connectivity index (χ4v) is 3.95. The maximum atomic E-state index is 12.5. The van der Waals surface area contributed by atoms with Gasteiger partial charge in [0, 0.05) is 11.7 Å². The molecule has 0 bridgehead atoms. The second kappa shape index (κ2) is 7.12. The maximum absolute atomic E-state index is 12.5. The third-order valence-electron chi connectivity index (χ3n) is 3.73. The molecule has 0 spiro atoms. The van der Waals surface area contributed by atoms with Crippen molar-refractivity contribution in [1.29, 1.82) is 0 Å². The number of nitrogens with zero attached hydrogens (tertiary/aromatic N) is 1. The topological polar surface area (TPSA) is 76.1 Å². The molecule has 0 aliphatic carbocycles. The molecule has 7 heteroatoms. The Kier molecular flexibility index (Phi) is 5.41. The Labute approximate surface area is 139 Å². The van der Waals surface area contributed by atoms with E-state index in [2.05, 4.69) is 0 Å². The number of thioether (sulfide) groups is 1. The van der Waals surface area contributed by atoms with Gasteiger partial charge in [-0.15, -0.1) is 11.8 Å². The van der Waals surface area contributed by atoms with Crippen LogP contribution in [0.5, 0.6) is 11.5 Å². The van der Waals surface area contributed by atoms with Crippen LogP contribution in [0.1, 0.15) is 24.8 Å². The van der Waals surface area contributed by atoms with E-state index < -0.39 is 12.0 Å². The van der Waals surface area contributed by atoms with Gasteiger partial charge < -0.3 is 19.5 Å². The summed E-state index contributed by atoms with van der Waals surface area (Å²) in [6.45, 7) is 3.55. The molecule has 0 aromatic heterocycles. The second-order valence-electron chi connectivity index (χ2n) is 5.55. The molecule has 0 saturated carbocycles. The van der Waals surface area contributed by atoms with Gasteiger partial charge in [-0.05, 0) is 17.7 Å². The first-order valence-electron chi connectivity index (χ1n) is 7.29. The lowest BCUT2D eigenvalue weighted by Gasteiger charge is -2.29. The number of hydrogen-bond acceptors (Lipinski definition) is 5. The lowest BCUT2D eigenvalue weighted by atomic mass is 10.1. The number of amides is 1. The first-order chi connectivity index (χ1) is 10.9. The van der Waals surface area contributed by atoms with Crippen LogP contribution in [0.2, 0.25) is 0 Å². The molecule has 1 aromatic rings. The first-order valence-corrected chi connectivity index (χ1v) is 8.34. The standard InChI is InChI=1S/C16H21NO5S/c1-9(2)14(18)17-11(16(19)20)8-23-15(17)10-5-6-12(21-3)13(7-10)22-4/h5-7,9,11,15H,8H2,1-4H3,(H,19,20)/t11-,15+/m0/s1. The van der Waals surface area contributed by atoms with Crippen molar-refractivity contribution in [3.63, 3.8) is 0 Å². The van der Waals surface area contributed by atoms with Crippen LogP contribution in [0.15, 0.2) is 18.2 Å². The minimum atomic E-state index is -0.977. The van der Waals surface area contributed by atoms with Crippen molar-refractivity contribution in [2.24, 2.45) is 5.92 Å². The Hall–Kier alpha value is -1.89. The smallest absolute Gasteiger partial charge is 0.327 e. The number of carboxylic acid groups (broad SMARTS) is 1. The van der Waals surface area contributed by atoms with Crippen molar-refractivity contribution < 1.29 is 24.2 Å². The van der Waals surface area contributed by atoms with E-state index in [1.807, 2.05) is 6.07 Å². The molecule has 2 rings (SSSR count). The van der Waals surface area contributed by atoms with E-state index in [0.29, 0.717) is 17.3 Å². The van der Waals surface area contributed by atoms with Gasteiger partial charge in [-0.25, -0.2) is 4.79 Å². The van der Waals surface area contributed by atoms with Gasteiger partial charge in [-0.3, -0.25) is 4.79 Å². The highest BCUT2D eigenvalue weighted by Gasteiger charge is 2.43. The number of carboxylic acids is 1. The molecule has 23 heavy (non-hydrogen) atoms. The Balaban J connectivity index is 2.40. The summed E-state index contributed by atoms with van der Waals surface area (Å²) in [6, 6.07) is 4.58. The summed E-state index contributed by atoms with van der Waals surface area (Å²) >= 11 is 1.45. The van der Waals surface area contributed by atoms with Gasteiger partial charge in [0.2, 0.25) is 5.91 Å². The van der Waals surface area contributed by atoms with Crippen LogP contribution in [0.25, 0.3) is 0 Å². The quantitative estimate of drug-likeness (QED) is 0.888. The highest BCUT2D eigenvalue weighted by atomic mass is 32.2. The Morgan fingerprint density at radius 1 is 1.26 bits per heavy atom. The van der Waals surface area contributed by atoms with Gasteiger partial charge in [-0.2, -0.15) is 0 Å². The number of hydrogen-bond donors (Lipinski definition) is 1.